The van der Waals surface area contributed by atoms with E-state index in [1.165, 1.54) is 0 Å². The molecule has 0 saturated carbocycles. The Bertz CT molecular complexity index is 192. The summed E-state index contributed by atoms with van der Waals surface area (Å²) in [7, 11) is 0. The third-order valence-corrected chi connectivity index (χ3v) is 3.82. The van der Waals surface area contributed by atoms with Crippen LogP contribution >= 0.6 is 0 Å². The lowest BCUT2D eigenvalue weighted by Gasteiger charge is -2.51. The van der Waals surface area contributed by atoms with Gasteiger partial charge in [0.25, 0.3) is 0 Å². The number of nitrogens with zero attached hydrogens (tertiary/aromatic N) is 1. The summed E-state index contributed by atoms with van der Waals surface area (Å²) in [6.07, 6.45) is 0. The minimum absolute atomic E-state index is 0.0685. The predicted molar refractivity (Wildman–Crippen MR) is 68.7 cm³/mol. The monoisotopic (exact) mass is 231 g/mol. The lowest BCUT2D eigenvalue weighted by molar-refractivity contribution is -0.0569. The summed E-state index contributed by atoms with van der Waals surface area (Å²) in [4.78, 5) is 2.01. The molecular formula is C12H29N3O. The third-order valence-electron chi connectivity index (χ3n) is 3.82. The molecule has 0 aliphatic carbocycles. The van der Waals surface area contributed by atoms with Gasteiger partial charge >= 0.3 is 0 Å². The van der Waals surface area contributed by atoms with Crippen LogP contribution in [0.4, 0.5) is 0 Å². The molecule has 0 aliphatic rings. The normalized spacial score (nSPS) is 20.2. The molecule has 5 N–H and O–H groups in total. The molecule has 0 spiro atoms. The van der Waals surface area contributed by atoms with E-state index in [-0.39, 0.29) is 18.4 Å². The van der Waals surface area contributed by atoms with E-state index in [1.807, 2.05) is 18.7 Å². The molecule has 0 aromatic rings. The molecule has 0 aromatic carbocycles. The molecule has 0 heterocycles. The van der Waals surface area contributed by atoms with Gasteiger partial charge in [-0.15, -0.1) is 0 Å². The molecule has 0 rings (SSSR count). The zero-order valence-electron chi connectivity index (χ0n) is 11.6. The standard InChI is InChI=1S/C12H29N3O/c1-9(2)11(5,13)15(7-8-16)12(6,14)10(3)4/h9-10,16H,7-8,13-14H2,1-6H3. The van der Waals surface area contributed by atoms with E-state index >= 15 is 0 Å². The fourth-order valence-electron chi connectivity index (χ4n) is 1.72. The van der Waals surface area contributed by atoms with Crippen molar-refractivity contribution < 1.29 is 5.11 Å². The molecule has 2 atom stereocenters. The van der Waals surface area contributed by atoms with Gasteiger partial charge in [-0.1, -0.05) is 27.7 Å². The van der Waals surface area contributed by atoms with Gasteiger partial charge in [0.2, 0.25) is 0 Å². The highest BCUT2D eigenvalue weighted by molar-refractivity contribution is 4.93. The summed E-state index contributed by atoms with van der Waals surface area (Å²) >= 11 is 0. The van der Waals surface area contributed by atoms with Crippen LogP contribution in [0, 0.1) is 11.8 Å². The molecule has 0 aromatic heterocycles. The van der Waals surface area contributed by atoms with Crippen molar-refractivity contribution in [3.8, 4) is 0 Å². The van der Waals surface area contributed by atoms with E-state index < -0.39 is 11.3 Å². The van der Waals surface area contributed by atoms with Crippen molar-refractivity contribution in [2.45, 2.75) is 52.9 Å². The molecule has 16 heavy (non-hydrogen) atoms. The zero-order chi connectivity index (χ0) is 13.1. The van der Waals surface area contributed by atoms with Crippen LogP contribution in [0.25, 0.3) is 0 Å². The average molecular weight is 231 g/mol. The maximum atomic E-state index is 9.17. The third kappa shape index (κ3) is 3.17. The van der Waals surface area contributed by atoms with Gasteiger partial charge in [0, 0.05) is 6.54 Å². The Hall–Kier alpha value is -0.160. The van der Waals surface area contributed by atoms with Crippen molar-refractivity contribution >= 4 is 0 Å². The number of rotatable bonds is 6. The fourth-order valence-corrected chi connectivity index (χ4v) is 1.72. The molecule has 0 fully saturated rings. The molecule has 0 aliphatic heterocycles. The first-order valence-corrected chi connectivity index (χ1v) is 6.04. The van der Waals surface area contributed by atoms with E-state index in [0.29, 0.717) is 6.54 Å². The number of aliphatic hydroxyl groups is 1. The molecule has 4 nitrogen and oxygen atoms in total. The molecule has 2 unspecified atom stereocenters. The maximum absolute atomic E-state index is 9.17. The van der Waals surface area contributed by atoms with Crippen LogP contribution < -0.4 is 11.5 Å². The van der Waals surface area contributed by atoms with Crippen molar-refractivity contribution in [3.05, 3.63) is 0 Å². The average Bonchev–Trinajstić information content (AvgIpc) is 2.12. The molecule has 98 valence electrons. The van der Waals surface area contributed by atoms with Gasteiger partial charge in [0.15, 0.2) is 0 Å². The van der Waals surface area contributed by atoms with Gasteiger partial charge in [0.05, 0.1) is 17.9 Å². The Morgan fingerprint density at radius 3 is 1.50 bits per heavy atom. The second-order valence-corrected chi connectivity index (χ2v) is 5.64. The highest BCUT2D eigenvalue weighted by atomic mass is 16.3. The van der Waals surface area contributed by atoms with Gasteiger partial charge in [-0.3, -0.25) is 4.90 Å². The summed E-state index contributed by atoms with van der Waals surface area (Å²) in [6, 6.07) is 0. The van der Waals surface area contributed by atoms with Crippen molar-refractivity contribution in [1.29, 1.82) is 0 Å². The van der Waals surface area contributed by atoms with E-state index in [4.69, 9.17) is 11.5 Å². The van der Waals surface area contributed by atoms with Gasteiger partial charge < -0.3 is 16.6 Å². The molecule has 0 radical (unpaired) electrons. The van der Waals surface area contributed by atoms with Crippen molar-refractivity contribution in [2.24, 2.45) is 23.3 Å². The van der Waals surface area contributed by atoms with Gasteiger partial charge in [0.1, 0.15) is 0 Å². The van der Waals surface area contributed by atoms with Crippen LogP contribution in [0.3, 0.4) is 0 Å². The Morgan fingerprint density at radius 1 is 1.00 bits per heavy atom. The zero-order valence-corrected chi connectivity index (χ0v) is 11.6. The van der Waals surface area contributed by atoms with Gasteiger partial charge in [-0.25, -0.2) is 0 Å². The van der Waals surface area contributed by atoms with E-state index in [0.717, 1.165) is 0 Å². The van der Waals surface area contributed by atoms with Crippen molar-refractivity contribution in [1.82, 2.24) is 4.90 Å². The highest BCUT2D eigenvalue weighted by Crippen LogP contribution is 2.28. The molecule has 0 bridgehead atoms. The topological polar surface area (TPSA) is 75.5 Å². The van der Waals surface area contributed by atoms with Crippen LogP contribution in [-0.2, 0) is 0 Å². The van der Waals surface area contributed by atoms with E-state index in [2.05, 4.69) is 27.7 Å². The second kappa shape index (κ2) is 5.45. The number of hydrogen-bond acceptors (Lipinski definition) is 4. The minimum atomic E-state index is -0.517. The Labute approximate surface area is 100.0 Å². The first-order chi connectivity index (χ1) is 7.08. The highest BCUT2D eigenvalue weighted by Gasteiger charge is 2.41. The lowest BCUT2D eigenvalue weighted by atomic mass is 9.89. The smallest absolute Gasteiger partial charge is 0.0697 e. The van der Waals surface area contributed by atoms with Crippen LogP contribution in [-0.4, -0.2) is 34.5 Å². The number of hydrogen-bond donors (Lipinski definition) is 3. The summed E-state index contributed by atoms with van der Waals surface area (Å²) in [6.45, 7) is 12.8. The van der Waals surface area contributed by atoms with E-state index in [1.54, 1.807) is 0 Å². The first kappa shape index (κ1) is 15.8. The SMILES string of the molecule is CC(C)C(C)(N)N(CCO)C(C)(N)C(C)C. The summed E-state index contributed by atoms with van der Waals surface area (Å²) in [5, 5.41) is 9.17. The fraction of sp³-hybridized carbons (Fsp3) is 1.00. The lowest BCUT2D eigenvalue weighted by Crippen LogP contribution is -2.70. The first-order valence-electron chi connectivity index (χ1n) is 6.04. The van der Waals surface area contributed by atoms with Gasteiger partial charge in [-0.2, -0.15) is 0 Å². The van der Waals surface area contributed by atoms with Crippen molar-refractivity contribution in [2.75, 3.05) is 13.2 Å². The van der Waals surface area contributed by atoms with Crippen LogP contribution in [0.15, 0.2) is 0 Å². The van der Waals surface area contributed by atoms with Crippen LogP contribution in [0.1, 0.15) is 41.5 Å². The largest absolute Gasteiger partial charge is 0.395 e. The van der Waals surface area contributed by atoms with E-state index in [9.17, 15) is 5.11 Å². The Balaban J connectivity index is 5.15. The summed E-state index contributed by atoms with van der Waals surface area (Å²) in [5.74, 6) is 0.529. The van der Waals surface area contributed by atoms with Crippen molar-refractivity contribution in [3.63, 3.8) is 0 Å². The quantitative estimate of drug-likeness (QED) is 0.595. The van der Waals surface area contributed by atoms with Gasteiger partial charge in [-0.05, 0) is 25.7 Å². The molecule has 0 saturated heterocycles. The second-order valence-electron chi connectivity index (χ2n) is 5.64. The summed E-state index contributed by atoms with van der Waals surface area (Å²) in [5.41, 5.74) is 11.7. The number of nitrogens with two attached hydrogens (primary N) is 2. The Morgan fingerprint density at radius 2 is 1.31 bits per heavy atom. The predicted octanol–water partition coefficient (Wildman–Crippen LogP) is 0.943. The minimum Gasteiger partial charge on any atom is -0.395 e. The number of aliphatic hydroxyl groups excluding tert-OH is 1. The Kier molecular flexibility index (Phi) is 5.39. The van der Waals surface area contributed by atoms with Crippen LogP contribution in [0.5, 0.6) is 0 Å². The van der Waals surface area contributed by atoms with Crippen LogP contribution in [0.2, 0.25) is 0 Å². The molecule has 4 heteroatoms. The maximum Gasteiger partial charge on any atom is 0.0697 e. The molecule has 0 amide bonds. The molecular weight excluding hydrogens is 202 g/mol. The summed E-state index contributed by atoms with van der Waals surface area (Å²) < 4.78 is 0.